The van der Waals surface area contributed by atoms with E-state index in [1.807, 2.05) is 53.5 Å². The molecule has 0 aromatic carbocycles. The van der Waals surface area contributed by atoms with Crippen LogP contribution in [0.25, 0.3) is 28.0 Å². The second-order valence-corrected chi connectivity index (χ2v) is 5.93. The molecule has 4 heterocycles. The Hall–Kier alpha value is -2.67. The van der Waals surface area contributed by atoms with Gasteiger partial charge in [0.15, 0.2) is 0 Å². The lowest BCUT2D eigenvalue weighted by atomic mass is 10.2. The molecule has 0 N–H and O–H groups in total. The zero-order valence-corrected chi connectivity index (χ0v) is 13.5. The van der Waals surface area contributed by atoms with Crippen LogP contribution in [0.4, 0.5) is 3.89 Å². The lowest BCUT2D eigenvalue weighted by molar-refractivity contribution is 0.665. The van der Waals surface area contributed by atoms with Gasteiger partial charge in [-0.3, -0.25) is 14.2 Å². The van der Waals surface area contributed by atoms with Crippen LogP contribution in [0.2, 0.25) is 0 Å². The lowest BCUT2D eigenvalue weighted by Crippen LogP contribution is -2.00. The van der Waals surface area contributed by atoms with Crippen molar-refractivity contribution in [1.29, 1.82) is 0 Å². The molecule has 7 heteroatoms. The third-order valence-corrected chi connectivity index (χ3v) is 4.16. The fourth-order valence-electron chi connectivity index (χ4n) is 2.62. The average Bonchev–Trinajstić information content (AvgIpc) is 3.27. The van der Waals surface area contributed by atoms with Gasteiger partial charge in [-0.1, -0.05) is 0 Å². The summed E-state index contributed by atoms with van der Waals surface area (Å²) in [6.07, 6.45) is 9.24. The fraction of sp³-hybridized carbons (Fsp3) is 0.118. The summed E-state index contributed by atoms with van der Waals surface area (Å²) < 4.78 is 15.9. The standard InChI is InChI=1S/C17H14FN5S/c18-24-10-9-22-7-5-15(21-22)14-1-2-17(20-11-14)23-8-4-13-3-6-19-12-16(13)23/h1-8,11-12H,9-10H2. The second-order valence-electron chi connectivity index (χ2n) is 5.30. The highest BCUT2D eigenvalue weighted by molar-refractivity contribution is 7.94. The van der Waals surface area contributed by atoms with Gasteiger partial charge in [0, 0.05) is 53.6 Å². The largest absolute Gasteiger partial charge is 0.300 e. The minimum absolute atomic E-state index is 0.322. The Labute approximate surface area is 142 Å². The number of aromatic nitrogens is 5. The molecule has 0 saturated carbocycles. The van der Waals surface area contributed by atoms with Crippen LogP contribution in [0.5, 0.6) is 0 Å². The number of fused-ring (bicyclic) bond motifs is 1. The summed E-state index contributed by atoms with van der Waals surface area (Å²) in [5.41, 5.74) is 2.78. The second kappa shape index (κ2) is 6.45. The first-order chi connectivity index (χ1) is 11.8. The first-order valence-corrected chi connectivity index (χ1v) is 8.38. The van der Waals surface area contributed by atoms with Gasteiger partial charge in [-0.15, -0.1) is 0 Å². The molecule has 0 atom stereocenters. The van der Waals surface area contributed by atoms with E-state index in [0.29, 0.717) is 24.4 Å². The smallest absolute Gasteiger partial charge is 0.137 e. The predicted octanol–water partition coefficient (Wildman–Crippen LogP) is 3.90. The van der Waals surface area contributed by atoms with Crippen LogP contribution in [0.3, 0.4) is 0 Å². The van der Waals surface area contributed by atoms with Crippen LogP contribution in [0.15, 0.2) is 61.3 Å². The van der Waals surface area contributed by atoms with Crippen molar-refractivity contribution in [3.63, 3.8) is 0 Å². The summed E-state index contributed by atoms with van der Waals surface area (Å²) in [5.74, 6) is 1.22. The van der Waals surface area contributed by atoms with Crippen LogP contribution in [0, 0.1) is 0 Å². The molecule has 4 aromatic rings. The van der Waals surface area contributed by atoms with Gasteiger partial charge in [0.2, 0.25) is 0 Å². The number of halogens is 1. The molecule has 4 aromatic heterocycles. The van der Waals surface area contributed by atoms with E-state index in [9.17, 15) is 3.89 Å². The zero-order chi connectivity index (χ0) is 16.4. The number of nitrogens with zero attached hydrogens (tertiary/aromatic N) is 5. The van der Waals surface area contributed by atoms with Crippen molar-refractivity contribution in [1.82, 2.24) is 24.3 Å². The van der Waals surface area contributed by atoms with Crippen molar-refractivity contribution >= 4 is 23.1 Å². The minimum atomic E-state index is 0.322. The molecule has 4 rings (SSSR count). The quantitative estimate of drug-likeness (QED) is 0.553. The van der Waals surface area contributed by atoms with E-state index < -0.39 is 0 Å². The predicted molar refractivity (Wildman–Crippen MR) is 93.7 cm³/mol. The summed E-state index contributed by atoms with van der Waals surface area (Å²) in [4.78, 5) is 8.71. The molecular formula is C17H14FN5S. The summed E-state index contributed by atoms with van der Waals surface area (Å²) >= 11 is 0.322. The van der Waals surface area contributed by atoms with Gasteiger partial charge in [-0.05, 0) is 30.3 Å². The van der Waals surface area contributed by atoms with E-state index in [1.54, 1.807) is 17.1 Å². The molecule has 0 radical (unpaired) electrons. The first kappa shape index (κ1) is 14.9. The maximum Gasteiger partial charge on any atom is 0.137 e. The van der Waals surface area contributed by atoms with Crippen LogP contribution in [-0.2, 0) is 6.54 Å². The van der Waals surface area contributed by atoms with Crippen LogP contribution in [0.1, 0.15) is 0 Å². The SMILES string of the molecule is FSCCn1ccc(-c2ccc(-n3ccc4ccncc43)nc2)n1. The van der Waals surface area contributed by atoms with Gasteiger partial charge in [0.05, 0.1) is 24.0 Å². The monoisotopic (exact) mass is 339 g/mol. The Bertz CT molecular complexity index is 960. The Morgan fingerprint density at radius 1 is 1.04 bits per heavy atom. The highest BCUT2D eigenvalue weighted by Gasteiger charge is 2.07. The fourth-order valence-corrected chi connectivity index (χ4v) is 2.88. The molecule has 0 bridgehead atoms. The molecule has 24 heavy (non-hydrogen) atoms. The number of hydrogen-bond acceptors (Lipinski definition) is 4. The summed E-state index contributed by atoms with van der Waals surface area (Å²) in [6.45, 7) is 0.551. The summed E-state index contributed by atoms with van der Waals surface area (Å²) in [6, 6.07) is 9.87. The molecule has 0 aliphatic heterocycles. The molecule has 0 spiro atoms. The molecule has 5 nitrogen and oxygen atoms in total. The van der Waals surface area contributed by atoms with E-state index in [-0.39, 0.29) is 0 Å². The van der Waals surface area contributed by atoms with Crippen molar-refractivity contribution in [2.45, 2.75) is 6.54 Å². The highest BCUT2D eigenvalue weighted by Crippen LogP contribution is 2.21. The molecule has 120 valence electrons. The van der Waals surface area contributed by atoms with Crippen molar-refractivity contribution in [2.75, 3.05) is 5.75 Å². The number of rotatable bonds is 5. The lowest BCUT2D eigenvalue weighted by Gasteiger charge is -2.05. The van der Waals surface area contributed by atoms with Crippen LogP contribution in [-0.4, -0.2) is 30.1 Å². The van der Waals surface area contributed by atoms with Crippen molar-refractivity contribution in [3.05, 3.63) is 61.3 Å². The van der Waals surface area contributed by atoms with Gasteiger partial charge in [0.25, 0.3) is 0 Å². The van der Waals surface area contributed by atoms with E-state index >= 15 is 0 Å². The van der Waals surface area contributed by atoms with Crippen molar-refractivity contribution in [2.24, 2.45) is 0 Å². The van der Waals surface area contributed by atoms with E-state index in [1.165, 1.54) is 0 Å². The first-order valence-electron chi connectivity index (χ1n) is 7.50. The molecule has 0 amide bonds. The third-order valence-electron chi connectivity index (χ3n) is 3.82. The summed E-state index contributed by atoms with van der Waals surface area (Å²) in [7, 11) is 0. The van der Waals surface area contributed by atoms with E-state index in [0.717, 1.165) is 28.0 Å². The van der Waals surface area contributed by atoms with Gasteiger partial charge in [-0.25, -0.2) is 4.98 Å². The topological polar surface area (TPSA) is 48.5 Å². The number of aryl methyl sites for hydroxylation is 1. The molecule has 0 saturated heterocycles. The Balaban J connectivity index is 1.62. The Morgan fingerprint density at radius 2 is 2.00 bits per heavy atom. The maximum absolute atomic E-state index is 12.2. The van der Waals surface area contributed by atoms with E-state index in [2.05, 4.69) is 15.1 Å². The Morgan fingerprint density at radius 3 is 2.83 bits per heavy atom. The number of pyridine rings is 2. The zero-order valence-electron chi connectivity index (χ0n) is 12.7. The Kier molecular flexibility index (Phi) is 4.00. The molecule has 0 aliphatic carbocycles. The summed E-state index contributed by atoms with van der Waals surface area (Å²) in [5, 5.41) is 5.57. The van der Waals surface area contributed by atoms with Crippen molar-refractivity contribution < 1.29 is 3.89 Å². The van der Waals surface area contributed by atoms with Gasteiger partial charge in [-0.2, -0.15) is 8.98 Å². The average molecular weight is 339 g/mol. The van der Waals surface area contributed by atoms with Gasteiger partial charge >= 0.3 is 0 Å². The van der Waals surface area contributed by atoms with Crippen LogP contribution < -0.4 is 0 Å². The maximum atomic E-state index is 12.2. The number of hydrogen-bond donors (Lipinski definition) is 0. The molecule has 0 aliphatic rings. The van der Waals surface area contributed by atoms with E-state index in [4.69, 9.17) is 0 Å². The molecule has 0 fully saturated rings. The van der Waals surface area contributed by atoms with Gasteiger partial charge in [0.1, 0.15) is 5.82 Å². The normalized spacial score (nSPS) is 11.2. The van der Waals surface area contributed by atoms with Crippen LogP contribution >= 0.6 is 12.1 Å². The molecule has 0 unspecified atom stereocenters. The third kappa shape index (κ3) is 2.78. The van der Waals surface area contributed by atoms with Crippen molar-refractivity contribution in [3.8, 4) is 17.1 Å². The van der Waals surface area contributed by atoms with Gasteiger partial charge < -0.3 is 0 Å². The highest BCUT2D eigenvalue weighted by atomic mass is 32.2. The minimum Gasteiger partial charge on any atom is -0.300 e. The molecular weight excluding hydrogens is 325 g/mol.